The molecule has 0 radical (unpaired) electrons. The van der Waals surface area contributed by atoms with Crippen molar-refractivity contribution in [3.8, 4) is 0 Å². The lowest BCUT2D eigenvalue weighted by atomic mass is 10.0. The minimum atomic E-state index is 0.127. The van der Waals surface area contributed by atoms with Crippen molar-refractivity contribution < 1.29 is 5.21 Å². The summed E-state index contributed by atoms with van der Waals surface area (Å²) >= 11 is 0. The maximum Gasteiger partial charge on any atom is 0.131 e. The van der Waals surface area contributed by atoms with Crippen LogP contribution in [-0.2, 0) is 0 Å². The molecule has 0 unspecified atom stereocenters. The van der Waals surface area contributed by atoms with Gasteiger partial charge in [-0.05, 0) is 47.0 Å². The largest absolute Gasteiger partial charge is 0.410 e. The van der Waals surface area contributed by atoms with Crippen LogP contribution in [-0.4, -0.2) is 16.6 Å². The number of allylic oxidation sites excluding steroid dienone is 4. The number of nitroso groups, excluding NO2 is 1. The molecular weight excluding hydrogens is 244 g/mol. The molecule has 0 bridgehead atoms. The molecule has 4 N–H and O–H groups in total. The first-order valence-corrected chi connectivity index (χ1v) is 5.57. The van der Waals surface area contributed by atoms with Crippen LogP contribution in [0.2, 0.25) is 0 Å². The van der Waals surface area contributed by atoms with Gasteiger partial charge in [-0.3, -0.25) is 5.41 Å². The summed E-state index contributed by atoms with van der Waals surface area (Å²) < 4.78 is 0. The fourth-order valence-corrected chi connectivity index (χ4v) is 1.80. The van der Waals surface area contributed by atoms with Crippen molar-refractivity contribution in [3.05, 3.63) is 46.9 Å². The molecule has 0 amide bonds. The smallest absolute Gasteiger partial charge is 0.131 e. The lowest BCUT2D eigenvalue weighted by molar-refractivity contribution is 0.320. The zero-order valence-corrected chi connectivity index (χ0v) is 10.00. The lowest BCUT2D eigenvalue weighted by Crippen LogP contribution is -2.06. The summed E-state index contributed by atoms with van der Waals surface area (Å²) in [5.41, 5.74) is 7.96. The first kappa shape index (κ1) is 12.7. The highest BCUT2D eigenvalue weighted by molar-refractivity contribution is 6.50. The first-order chi connectivity index (χ1) is 9.15. The van der Waals surface area contributed by atoms with Crippen molar-refractivity contribution >= 4 is 28.4 Å². The van der Waals surface area contributed by atoms with E-state index in [1.165, 1.54) is 0 Å². The van der Waals surface area contributed by atoms with E-state index in [-0.39, 0.29) is 17.1 Å². The molecule has 1 aliphatic carbocycles. The van der Waals surface area contributed by atoms with E-state index in [0.717, 1.165) is 11.1 Å². The maximum atomic E-state index is 10.6. The summed E-state index contributed by atoms with van der Waals surface area (Å²) in [5, 5.41) is 22.5. The van der Waals surface area contributed by atoms with E-state index in [4.69, 9.17) is 16.4 Å². The Morgan fingerprint density at radius 3 is 2.84 bits per heavy atom. The normalized spacial score (nSPS) is 17.2. The Morgan fingerprint density at radius 2 is 2.16 bits per heavy atom. The summed E-state index contributed by atoms with van der Waals surface area (Å²) in [4.78, 5) is 10.6. The fourth-order valence-electron chi connectivity index (χ4n) is 1.80. The van der Waals surface area contributed by atoms with E-state index in [9.17, 15) is 4.91 Å². The van der Waals surface area contributed by atoms with Crippen molar-refractivity contribution in [3.63, 3.8) is 0 Å². The summed E-state index contributed by atoms with van der Waals surface area (Å²) in [6, 6.07) is 4.93. The molecule has 0 fully saturated rings. The van der Waals surface area contributed by atoms with E-state index in [0.29, 0.717) is 12.1 Å². The summed E-state index contributed by atoms with van der Waals surface area (Å²) in [5.74, 6) is 0. The van der Waals surface area contributed by atoms with Crippen LogP contribution in [0.25, 0.3) is 5.57 Å². The zero-order chi connectivity index (χ0) is 13.8. The SMILES string of the molecule is N=C1C=CCC(c2ccc(N)c(N=O)c2)=CC1=NO. The number of nitrogens with two attached hydrogens (primary N) is 1. The van der Waals surface area contributed by atoms with Gasteiger partial charge in [0.25, 0.3) is 0 Å². The molecule has 0 atom stereocenters. The highest BCUT2D eigenvalue weighted by Gasteiger charge is 2.11. The minimum absolute atomic E-state index is 0.127. The Hall–Kier alpha value is -2.76. The molecule has 19 heavy (non-hydrogen) atoms. The quantitative estimate of drug-likeness (QED) is 0.327. The van der Waals surface area contributed by atoms with Crippen molar-refractivity contribution in [1.29, 1.82) is 5.41 Å². The molecule has 0 heterocycles. The number of oxime groups is 1. The second-order valence-corrected chi connectivity index (χ2v) is 4.04. The van der Waals surface area contributed by atoms with Crippen LogP contribution in [0.4, 0.5) is 11.4 Å². The monoisotopic (exact) mass is 256 g/mol. The Balaban J connectivity index is 2.49. The molecule has 0 saturated carbocycles. The van der Waals surface area contributed by atoms with Gasteiger partial charge in [-0.1, -0.05) is 17.3 Å². The summed E-state index contributed by atoms with van der Waals surface area (Å²) in [6.07, 6.45) is 5.51. The van der Waals surface area contributed by atoms with E-state index < -0.39 is 0 Å². The Labute approximate surface area is 109 Å². The number of rotatable bonds is 2. The molecule has 0 aromatic heterocycles. The van der Waals surface area contributed by atoms with Gasteiger partial charge < -0.3 is 10.9 Å². The average Bonchev–Trinajstić information content (AvgIpc) is 2.61. The third-order valence-corrected chi connectivity index (χ3v) is 2.82. The van der Waals surface area contributed by atoms with Crippen LogP contribution in [0.15, 0.2) is 46.8 Å². The molecule has 0 aliphatic heterocycles. The van der Waals surface area contributed by atoms with Gasteiger partial charge in [-0.25, -0.2) is 0 Å². The predicted molar refractivity (Wildman–Crippen MR) is 75.0 cm³/mol. The molecule has 1 aromatic rings. The van der Waals surface area contributed by atoms with E-state index in [2.05, 4.69) is 10.3 Å². The predicted octanol–water partition coefficient (Wildman–Crippen LogP) is 2.86. The molecule has 1 aliphatic rings. The fraction of sp³-hybridized carbons (Fsp3) is 0.0769. The van der Waals surface area contributed by atoms with E-state index >= 15 is 0 Å². The molecule has 96 valence electrons. The van der Waals surface area contributed by atoms with Gasteiger partial charge in [-0.15, -0.1) is 4.91 Å². The van der Waals surface area contributed by atoms with Crippen LogP contribution in [0, 0.1) is 10.3 Å². The summed E-state index contributed by atoms with van der Waals surface area (Å²) in [7, 11) is 0. The number of nitrogens with one attached hydrogen (secondary N) is 1. The van der Waals surface area contributed by atoms with Crippen LogP contribution >= 0.6 is 0 Å². The Bertz CT molecular complexity index is 630. The number of benzene rings is 1. The Morgan fingerprint density at radius 1 is 1.37 bits per heavy atom. The molecule has 0 saturated heterocycles. The van der Waals surface area contributed by atoms with Gasteiger partial charge in [-0.2, -0.15) is 0 Å². The Kier molecular flexibility index (Phi) is 3.51. The zero-order valence-electron chi connectivity index (χ0n) is 10.00. The van der Waals surface area contributed by atoms with Crippen LogP contribution in [0.1, 0.15) is 12.0 Å². The first-order valence-electron chi connectivity index (χ1n) is 5.57. The third-order valence-electron chi connectivity index (χ3n) is 2.82. The number of nitrogen functional groups attached to an aromatic ring is 1. The van der Waals surface area contributed by atoms with Crippen molar-refractivity contribution in [2.75, 3.05) is 5.73 Å². The number of anilines is 1. The van der Waals surface area contributed by atoms with Gasteiger partial charge in [0.05, 0.1) is 11.4 Å². The average molecular weight is 256 g/mol. The highest BCUT2D eigenvalue weighted by atomic mass is 16.4. The van der Waals surface area contributed by atoms with Crippen LogP contribution in [0.3, 0.4) is 0 Å². The molecule has 6 nitrogen and oxygen atoms in total. The van der Waals surface area contributed by atoms with E-state index in [1.807, 2.05) is 0 Å². The molecule has 6 heteroatoms. The van der Waals surface area contributed by atoms with Crippen LogP contribution in [0.5, 0.6) is 0 Å². The van der Waals surface area contributed by atoms with Crippen molar-refractivity contribution in [2.45, 2.75) is 6.42 Å². The molecule has 2 rings (SSSR count). The molecular formula is C13H12N4O2. The van der Waals surface area contributed by atoms with Crippen molar-refractivity contribution in [2.24, 2.45) is 10.3 Å². The van der Waals surface area contributed by atoms with Gasteiger partial charge in [0.1, 0.15) is 11.4 Å². The topological polar surface area (TPSA) is 112 Å². The molecule has 1 aromatic carbocycles. The maximum absolute atomic E-state index is 10.6. The third kappa shape index (κ3) is 2.57. The van der Waals surface area contributed by atoms with Crippen LogP contribution < -0.4 is 5.73 Å². The lowest BCUT2D eigenvalue weighted by Gasteiger charge is -2.06. The van der Waals surface area contributed by atoms with Crippen molar-refractivity contribution in [1.82, 2.24) is 0 Å². The van der Waals surface area contributed by atoms with Gasteiger partial charge >= 0.3 is 0 Å². The second-order valence-electron chi connectivity index (χ2n) is 4.04. The van der Waals surface area contributed by atoms with Gasteiger partial charge in [0.15, 0.2) is 0 Å². The second kappa shape index (κ2) is 5.26. The number of hydrogen-bond acceptors (Lipinski definition) is 6. The number of hydrogen-bond donors (Lipinski definition) is 3. The standard InChI is InChI=1S/C13H12N4O2/c14-10-3-1-2-8(6-12(10)16-18)9-4-5-11(15)13(7-9)17-19/h1,3-7,14,18H,2,15H2. The van der Waals surface area contributed by atoms with Gasteiger partial charge in [0, 0.05) is 0 Å². The number of nitrogens with zero attached hydrogens (tertiary/aromatic N) is 2. The van der Waals surface area contributed by atoms with Gasteiger partial charge in [0.2, 0.25) is 0 Å². The van der Waals surface area contributed by atoms with E-state index in [1.54, 1.807) is 36.4 Å². The summed E-state index contributed by atoms with van der Waals surface area (Å²) in [6.45, 7) is 0. The minimum Gasteiger partial charge on any atom is -0.410 e. The molecule has 0 spiro atoms. The highest BCUT2D eigenvalue weighted by Crippen LogP contribution is 2.29.